The van der Waals surface area contributed by atoms with Gasteiger partial charge in [0.15, 0.2) is 5.69 Å². The van der Waals surface area contributed by atoms with Crippen molar-refractivity contribution in [3.05, 3.63) is 47.5 Å². The molecule has 1 aliphatic heterocycles. The molecule has 2 heterocycles. The van der Waals surface area contributed by atoms with E-state index in [1.165, 1.54) is 12.1 Å². The molecule has 7 heteroatoms. The van der Waals surface area contributed by atoms with Gasteiger partial charge in [-0.1, -0.05) is 18.9 Å². The minimum absolute atomic E-state index is 0.0360. The van der Waals surface area contributed by atoms with Gasteiger partial charge in [0.2, 0.25) is 0 Å². The van der Waals surface area contributed by atoms with Gasteiger partial charge in [0.25, 0.3) is 5.91 Å². The first-order chi connectivity index (χ1) is 12.2. The topological polar surface area (TPSA) is 78.5 Å². The van der Waals surface area contributed by atoms with E-state index in [2.05, 4.69) is 10.2 Å². The summed E-state index contributed by atoms with van der Waals surface area (Å²) in [4.78, 5) is 14.4. The SMILES string of the molecule is O=C(c1cc(COc2cccc(F)c2)[nH]n1)N1CCCCC[C@H]1CO. The fourth-order valence-electron chi connectivity index (χ4n) is 3.04. The Kier molecular flexibility index (Phi) is 5.65. The van der Waals surface area contributed by atoms with Crippen LogP contribution >= 0.6 is 0 Å². The molecule has 1 amide bonds. The Labute approximate surface area is 145 Å². The minimum Gasteiger partial charge on any atom is -0.487 e. The quantitative estimate of drug-likeness (QED) is 0.871. The van der Waals surface area contributed by atoms with Crippen molar-refractivity contribution in [1.29, 1.82) is 0 Å². The maximum Gasteiger partial charge on any atom is 0.274 e. The molecule has 0 unspecified atom stereocenters. The molecule has 0 spiro atoms. The fraction of sp³-hybridized carbons (Fsp3) is 0.444. The van der Waals surface area contributed by atoms with E-state index in [4.69, 9.17) is 4.74 Å². The van der Waals surface area contributed by atoms with Crippen LogP contribution in [0.2, 0.25) is 0 Å². The Bertz CT molecular complexity index is 719. The summed E-state index contributed by atoms with van der Waals surface area (Å²) in [5, 5.41) is 16.4. The predicted molar refractivity (Wildman–Crippen MR) is 89.7 cm³/mol. The van der Waals surface area contributed by atoms with Gasteiger partial charge in [0.1, 0.15) is 18.2 Å². The summed E-state index contributed by atoms with van der Waals surface area (Å²) < 4.78 is 18.6. The molecule has 0 radical (unpaired) electrons. The molecule has 1 aliphatic rings. The lowest BCUT2D eigenvalue weighted by Gasteiger charge is -2.27. The third-order valence-electron chi connectivity index (χ3n) is 4.39. The van der Waals surface area contributed by atoms with Crippen LogP contribution in [-0.2, 0) is 6.61 Å². The highest BCUT2D eigenvalue weighted by molar-refractivity contribution is 5.92. The van der Waals surface area contributed by atoms with Gasteiger partial charge in [0, 0.05) is 12.6 Å². The van der Waals surface area contributed by atoms with Gasteiger partial charge in [-0.25, -0.2) is 4.39 Å². The maximum absolute atomic E-state index is 13.1. The Morgan fingerprint density at radius 3 is 3.04 bits per heavy atom. The van der Waals surface area contributed by atoms with Crippen LogP contribution in [0.4, 0.5) is 4.39 Å². The van der Waals surface area contributed by atoms with Crippen LogP contribution < -0.4 is 4.74 Å². The summed E-state index contributed by atoms with van der Waals surface area (Å²) in [5.74, 6) is -0.140. The van der Waals surface area contributed by atoms with Crippen LogP contribution in [0.5, 0.6) is 5.75 Å². The number of hydrogen-bond acceptors (Lipinski definition) is 4. The number of H-pyrrole nitrogens is 1. The first-order valence-corrected chi connectivity index (χ1v) is 8.52. The van der Waals surface area contributed by atoms with E-state index in [0.29, 0.717) is 23.7 Å². The Morgan fingerprint density at radius 2 is 2.24 bits per heavy atom. The van der Waals surface area contributed by atoms with Gasteiger partial charge in [-0.2, -0.15) is 5.10 Å². The number of aliphatic hydroxyl groups excluding tert-OH is 1. The van der Waals surface area contributed by atoms with Gasteiger partial charge in [-0.15, -0.1) is 0 Å². The van der Waals surface area contributed by atoms with Gasteiger partial charge >= 0.3 is 0 Å². The summed E-state index contributed by atoms with van der Waals surface area (Å²) in [6.07, 6.45) is 3.82. The number of hydrogen-bond donors (Lipinski definition) is 2. The molecular formula is C18H22FN3O3. The molecule has 25 heavy (non-hydrogen) atoms. The van der Waals surface area contributed by atoms with E-state index in [1.54, 1.807) is 23.1 Å². The molecule has 0 aliphatic carbocycles. The Hall–Kier alpha value is -2.41. The molecule has 6 nitrogen and oxygen atoms in total. The molecular weight excluding hydrogens is 325 g/mol. The number of aromatic nitrogens is 2. The molecule has 3 rings (SSSR count). The molecule has 1 saturated heterocycles. The van der Waals surface area contributed by atoms with Crippen LogP contribution in [0.25, 0.3) is 0 Å². The number of aromatic amines is 1. The van der Waals surface area contributed by atoms with E-state index in [0.717, 1.165) is 25.7 Å². The van der Waals surface area contributed by atoms with Crippen LogP contribution in [0.15, 0.2) is 30.3 Å². The largest absolute Gasteiger partial charge is 0.487 e. The highest BCUT2D eigenvalue weighted by Crippen LogP contribution is 2.19. The summed E-state index contributed by atoms with van der Waals surface area (Å²) in [6.45, 7) is 0.755. The number of rotatable bonds is 5. The molecule has 2 N–H and O–H groups in total. The molecule has 1 aromatic carbocycles. The molecule has 0 bridgehead atoms. The van der Waals surface area contributed by atoms with Crippen molar-refractivity contribution in [2.45, 2.75) is 38.3 Å². The average Bonchev–Trinajstić information content (AvgIpc) is 2.96. The Morgan fingerprint density at radius 1 is 1.36 bits per heavy atom. The van der Waals surface area contributed by atoms with E-state index < -0.39 is 0 Å². The van der Waals surface area contributed by atoms with Crippen molar-refractivity contribution in [3.63, 3.8) is 0 Å². The summed E-state index contributed by atoms with van der Waals surface area (Å²) >= 11 is 0. The molecule has 2 aromatic rings. The molecule has 0 saturated carbocycles. The number of carbonyl (C=O) groups excluding carboxylic acids is 1. The molecule has 1 atom stereocenters. The molecule has 1 fully saturated rings. The van der Waals surface area contributed by atoms with Crippen molar-refractivity contribution in [3.8, 4) is 5.75 Å². The van der Waals surface area contributed by atoms with Crippen molar-refractivity contribution < 1.29 is 19.0 Å². The number of aliphatic hydroxyl groups is 1. The number of carbonyl (C=O) groups is 1. The van der Waals surface area contributed by atoms with E-state index in [-0.39, 0.29) is 31.0 Å². The van der Waals surface area contributed by atoms with Crippen LogP contribution in [0, 0.1) is 5.82 Å². The monoisotopic (exact) mass is 347 g/mol. The average molecular weight is 347 g/mol. The summed E-state index contributed by atoms with van der Waals surface area (Å²) in [5.41, 5.74) is 0.932. The second-order valence-corrected chi connectivity index (χ2v) is 6.21. The third kappa shape index (κ3) is 4.36. The summed E-state index contributed by atoms with van der Waals surface area (Å²) in [7, 11) is 0. The van der Waals surface area contributed by atoms with Gasteiger partial charge in [-0.05, 0) is 31.0 Å². The number of nitrogens with one attached hydrogen (secondary N) is 1. The predicted octanol–water partition coefficient (Wildman–Crippen LogP) is 2.50. The maximum atomic E-state index is 13.1. The van der Waals surface area contributed by atoms with Crippen molar-refractivity contribution >= 4 is 5.91 Å². The zero-order valence-corrected chi connectivity index (χ0v) is 13.9. The summed E-state index contributed by atoms with van der Waals surface area (Å²) in [6, 6.07) is 7.36. The standard InChI is InChI=1S/C18H22FN3O3/c19-13-5-4-7-16(9-13)25-12-14-10-17(21-20-14)18(24)22-8-3-1-2-6-15(22)11-23/h4-5,7,9-10,15,23H,1-3,6,8,11-12H2,(H,20,21)/t15-/m0/s1. The lowest BCUT2D eigenvalue weighted by Crippen LogP contribution is -2.42. The third-order valence-corrected chi connectivity index (χ3v) is 4.39. The fourth-order valence-corrected chi connectivity index (χ4v) is 3.04. The smallest absolute Gasteiger partial charge is 0.274 e. The van der Waals surface area contributed by atoms with Crippen LogP contribution in [-0.4, -0.2) is 45.3 Å². The zero-order chi connectivity index (χ0) is 17.6. The lowest BCUT2D eigenvalue weighted by atomic mass is 10.1. The first kappa shape index (κ1) is 17.4. The number of likely N-dealkylation sites (tertiary alicyclic amines) is 1. The molecule has 1 aromatic heterocycles. The second-order valence-electron chi connectivity index (χ2n) is 6.21. The number of ether oxygens (including phenoxy) is 1. The first-order valence-electron chi connectivity index (χ1n) is 8.52. The van der Waals surface area contributed by atoms with E-state index >= 15 is 0 Å². The highest BCUT2D eigenvalue weighted by Gasteiger charge is 2.27. The highest BCUT2D eigenvalue weighted by atomic mass is 19.1. The van der Waals surface area contributed by atoms with E-state index in [1.807, 2.05) is 0 Å². The van der Waals surface area contributed by atoms with Crippen molar-refractivity contribution in [2.75, 3.05) is 13.2 Å². The lowest BCUT2D eigenvalue weighted by molar-refractivity contribution is 0.0594. The minimum atomic E-state index is -0.366. The second kappa shape index (κ2) is 8.11. The number of benzene rings is 1. The zero-order valence-electron chi connectivity index (χ0n) is 13.9. The number of halogens is 1. The van der Waals surface area contributed by atoms with Gasteiger partial charge in [0.05, 0.1) is 18.3 Å². The van der Waals surface area contributed by atoms with Crippen molar-refractivity contribution in [1.82, 2.24) is 15.1 Å². The van der Waals surface area contributed by atoms with Gasteiger partial charge in [-0.3, -0.25) is 9.89 Å². The van der Waals surface area contributed by atoms with Crippen molar-refractivity contribution in [2.24, 2.45) is 0 Å². The van der Waals surface area contributed by atoms with Gasteiger partial charge < -0.3 is 14.7 Å². The normalized spacial score (nSPS) is 18.0. The number of nitrogens with zero attached hydrogens (tertiary/aromatic N) is 2. The van der Waals surface area contributed by atoms with E-state index in [9.17, 15) is 14.3 Å². The Balaban J connectivity index is 1.64. The molecule has 134 valence electrons. The van der Waals surface area contributed by atoms with Crippen LogP contribution in [0.1, 0.15) is 41.9 Å². The van der Waals surface area contributed by atoms with Crippen LogP contribution in [0.3, 0.4) is 0 Å². The number of amides is 1.